The molecular formula is C15H17ClN4O. The zero-order valence-corrected chi connectivity index (χ0v) is 12.6. The molecule has 1 aliphatic heterocycles. The molecule has 0 radical (unpaired) electrons. The van der Waals surface area contributed by atoms with Crippen LogP contribution >= 0.6 is 11.6 Å². The van der Waals surface area contributed by atoms with E-state index in [2.05, 4.69) is 31.9 Å². The van der Waals surface area contributed by atoms with Crippen molar-refractivity contribution in [2.24, 2.45) is 0 Å². The molecule has 1 aromatic heterocycles. The normalized spacial score (nSPS) is 15.1. The van der Waals surface area contributed by atoms with Gasteiger partial charge in [-0.05, 0) is 12.1 Å². The van der Waals surface area contributed by atoms with E-state index in [1.54, 1.807) is 19.5 Å². The molecule has 5 nitrogen and oxygen atoms in total. The van der Waals surface area contributed by atoms with E-state index < -0.39 is 0 Å². The number of methoxy groups -OCH3 is 1. The van der Waals surface area contributed by atoms with Crippen LogP contribution in [-0.4, -0.2) is 43.3 Å². The van der Waals surface area contributed by atoms with E-state index in [4.69, 9.17) is 16.3 Å². The Morgan fingerprint density at radius 2 is 1.71 bits per heavy atom. The first-order chi connectivity index (χ1) is 10.3. The van der Waals surface area contributed by atoms with E-state index in [0.717, 1.165) is 37.9 Å². The van der Waals surface area contributed by atoms with Crippen LogP contribution in [0.2, 0.25) is 5.02 Å². The third-order valence-corrected chi connectivity index (χ3v) is 3.78. The van der Waals surface area contributed by atoms with Crippen LogP contribution in [0.3, 0.4) is 0 Å². The Hall–Kier alpha value is -2.01. The molecule has 0 spiro atoms. The minimum absolute atomic E-state index is 0.564. The van der Waals surface area contributed by atoms with Crippen LogP contribution in [0.25, 0.3) is 0 Å². The van der Waals surface area contributed by atoms with Crippen molar-refractivity contribution in [3.63, 3.8) is 0 Å². The van der Waals surface area contributed by atoms with Crippen LogP contribution in [-0.2, 0) is 0 Å². The molecule has 1 fully saturated rings. The van der Waals surface area contributed by atoms with Gasteiger partial charge in [0.2, 0.25) is 5.95 Å². The smallest absolute Gasteiger partial charge is 0.225 e. The molecule has 21 heavy (non-hydrogen) atoms. The van der Waals surface area contributed by atoms with Crippen molar-refractivity contribution in [2.75, 3.05) is 43.1 Å². The van der Waals surface area contributed by atoms with E-state index in [1.165, 1.54) is 5.69 Å². The molecule has 0 N–H and O–H groups in total. The molecule has 0 saturated carbocycles. The molecule has 0 amide bonds. The number of anilines is 2. The maximum Gasteiger partial charge on any atom is 0.225 e. The van der Waals surface area contributed by atoms with Gasteiger partial charge in [-0.15, -0.1) is 0 Å². The monoisotopic (exact) mass is 304 g/mol. The summed E-state index contributed by atoms with van der Waals surface area (Å²) < 4.78 is 5.28. The van der Waals surface area contributed by atoms with Gasteiger partial charge in [-0.3, -0.25) is 0 Å². The van der Waals surface area contributed by atoms with Gasteiger partial charge in [0.25, 0.3) is 0 Å². The van der Waals surface area contributed by atoms with E-state index in [9.17, 15) is 0 Å². The second-order valence-corrected chi connectivity index (χ2v) is 5.31. The van der Waals surface area contributed by atoms with Crippen molar-refractivity contribution >= 4 is 23.2 Å². The highest BCUT2D eigenvalue weighted by Gasteiger charge is 2.19. The number of nitrogens with zero attached hydrogens (tertiary/aromatic N) is 4. The van der Waals surface area contributed by atoms with E-state index in [1.807, 2.05) is 12.1 Å². The number of piperazine rings is 1. The third kappa shape index (κ3) is 3.19. The highest BCUT2D eigenvalue weighted by Crippen LogP contribution is 2.23. The summed E-state index contributed by atoms with van der Waals surface area (Å²) in [4.78, 5) is 13.1. The predicted molar refractivity (Wildman–Crippen MR) is 84.5 cm³/mol. The van der Waals surface area contributed by atoms with Crippen LogP contribution in [0.5, 0.6) is 5.75 Å². The summed E-state index contributed by atoms with van der Waals surface area (Å²) in [7, 11) is 1.69. The highest BCUT2D eigenvalue weighted by molar-refractivity contribution is 6.30. The summed E-state index contributed by atoms with van der Waals surface area (Å²) in [5, 5.41) is 0.564. The topological polar surface area (TPSA) is 41.5 Å². The molecule has 0 atom stereocenters. The van der Waals surface area contributed by atoms with Gasteiger partial charge in [0.05, 0.1) is 24.5 Å². The van der Waals surface area contributed by atoms with Gasteiger partial charge >= 0.3 is 0 Å². The van der Waals surface area contributed by atoms with Crippen molar-refractivity contribution in [2.45, 2.75) is 0 Å². The summed E-state index contributed by atoms with van der Waals surface area (Å²) in [5.74, 6) is 1.63. The Bertz CT molecular complexity index is 597. The van der Waals surface area contributed by atoms with Gasteiger partial charge in [0.15, 0.2) is 0 Å². The van der Waals surface area contributed by atoms with Crippen LogP contribution in [0.15, 0.2) is 36.7 Å². The Morgan fingerprint density at radius 3 is 2.38 bits per heavy atom. The highest BCUT2D eigenvalue weighted by atomic mass is 35.5. The third-order valence-electron chi connectivity index (χ3n) is 3.59. The predicted octanol–water partition coefficient (Wildman–Crippen LogP) is 2.47. The lowest BCUT2D eigenvalue weighted by Gasteiger charge is -2.36. The van der Waals surface area contributed by atoms with Gasteiger partial charge in [0.1, 0.15) is 5.75 Å². The molecule has 3 rings (SSSR count). The first-order valence-electron chi connectivity index (χ1n) is 6.88. The lowest BCUT2D eigenvalue weighted by molar-refractivity contribution is 0.414. The maximum absolute atomic E-state index is 5.82. The molecule has 0 bridgehead atoms. The first kappa shape index (κ1) is 13.9. The minimum atomic E-state index is 0.564. The van der Waals surface area contributed by atoms with Crippen molar-refractivity contribution in [1.82, 2.24) is 9.97 Å². The van der Waals surface area contributed by atoms with Gasteiger partial charge in [-0.2, -0.15) is 0 Å². The number of ether oxygens (including phenoxy) is 1. The van der Waals surface area contributed by atoms with E-state index >= 15 is 0 Å². The maximum atomic E-state index is 5.82. The van der Waals surface area contributed by atoms with Crippen molar-refractivity contribution in [3.05, 3.63) is 41.7 Å². The van der Waals surface area contributed by atoms with Gasteiger partial charge < -0.3 is 14.5 Å². The average Bonchev–Trinajstić information content (AvgIpc) is 2.56. The minimum Gasteiger partial charge on any atom is -0.497 e. The fourth-order valence-electron chi connectivity index (χ4n) is 2.44. The Balaban J connectivity index is 1.65. The summed E-state index contributed by atoms with van der Waals surface area (Å²) in [6.45, 7) is 3.63. The zero-order valence-electron chi connectivity index (χ0n) is 11.9. The van der Waals surface area contributed by atoms with Crippen LogP contribution < -0.4 is 14.5 Å². The van der Waals surface area contributed by atoms with Crippen LogP contribution in [0.1, 0.15) is 0 Å². The SMILES string of the molecule is COc1cccc(N2CCN(c3ncc(Cl)cn3)CC2)c1. The lowest BCUT2D eigenvalue weighted by Crippen LogP contribution is -2.47. The number of hydrogen-bond donors (Lipinski definition) is 0. The summed E-state index contributed by atoms with van der Waals surface area (Å²) in [6, 6.07) is 8.15. The standard InChI is InChI=1S/C15H17ClN4O/c1-21-14-4-2-3-13(9-14)19-5-7-20(8-6-19)15-17-10-12(16)11-18-15/h2-4,9-11H,5-8H2,1H3. The van der Waals surface area contributed by atoms with Crippen LogP contribution in [0, 0.1) is 0 Å². The molecule has 1 saturated heterocycles. The molecule has 2 aromatic rings. The number of hydrogen-bond acceptors (Lipinski definition) is 5. The Kier molecular flexibility index (Phi) is 4.10. The lowest BCUT2D eigenvalue weighted by atomic mass is 10.2. The van der Waals surface area contributed by atoms with E-state index in [0.29, 0.717) is 5.02 Å². The molecule has 1 aromatic carbocycles. The van der Waals surface area contributed by atoms with E-state index in [-0.39, 0.29) is 0 Å². The van der Waals surface area contributed by atoms with Gasteiger partial charge in [-0.25, -0.2) is 9.97 Å². The number of aromatic nitrogens is 2. The Labute approximate surface area is 129 Å². The van der Waals surface area contributed by atoms with Crippen LogP contribution in [0.4, 0.5) is 11.6 Å². The fourth-order valence-corrected chi connectivity index (χ4v) is 2.54. The van der Waals surface area contributed by atoms with Crippen molar-refractivity contribution in [3.8, 4) is 5.75 Å². The molecule has 0 aliphatic carbocycles. The molecule has 1 aliphatic rings. The second kappa shape index (κ2) is 6.18. The number of rotatable bonds is 3. The number of benzene rings is 1. The largest absolute Gasteiger partial charge is 0.497 e. The second-order valence-electron chi connectivity index (χ2n) is 4.88. The molecule has 6 heteroatoms. The summed E-state index contributed by atoms with van der Waals surface area (Å²) in [5.41, 5.74) is 1.19. The van der Waals surface area contributed by atoms with Crippen molar-refractivity contribution in [1.29, 1.82) is 0 Å². The molecular weight excluding hydrogens is 288 g/mol. The van der Waals surface area contributed by atoms with Gasteiger partial charge in [-0.1, -0.05) is 17.7 Å². The number of halogens is 1. The van der Waals surface area contributed by atoms with Crippen molar-refractivity contribution < 1.29 is 4.74 Å². The quantitative estimate of drug-likeness (QED) is 0.871. The average molecular weight is 305 g/mol. The molecule has 2 heterocycles. The fraction of sp³-hybridized carbons (Fsp3) is 0.333. The van der Waals surface area contributed by atoms with Gasteiger partial charge in [0, 0.05) is 37.9 Å². The first-order valence-corrected chi connectivity index (χ1v) is 7.25. The summed E-state index contributed by atoms with van der Waals surface area (Å²) in [6.07, 6.45) is 3.27. The molecule has 0 unspecified atom stereocenters. The molecule has 110 valence electrons. The Morgan fingerprint density at radius 1 is 1.05 bits per heavy atom. The summed E-state index contributed by atoms with van der Waals surface area (Å²) >= 11 is 5.82. The zero-order chi connectivity index (χ0) is 14.7.